The van der Waals surface area contributed by atoms with Crippen LogP contribution in [0.15, 0.2) is 30.6 Å². The number of phenols is 1. The summed E-state index contributed by atoms with van der Waals surface area (Å²) < 4.78 is 18.3. The molecule has 0 radical (unpaired) electrons. The maximum absolute atomic E-state index is 12.9. The molecular weight excluding hydrogens is 223 g/mol. The Kier molecular flexibility index (Phi) is 3.18. The number of benzene rings is 1. The Labute approximate surface area is 97.7 Å². The summed E-state index contributed by atoms with van der Waals surface area (Å²) in [5, 5.41) is 9.18. The van der Waals surface area contributed by atoms with Gasteiger partial charge in [-0.3, -0.25) is 0 Å². The third-order valence-corrected chi connectivity index (χ3v) is 2.10. The van der Waals surface area contributed by atoms with Crippen LogP contribution >= 0.6 is 0 Å². The molecule has 1 aromatic carbocycles. The molecular formula is C12H11FN2O2. The highest BCUT2D eigenvalue weighted by Crippen LogP contribution is 2.21. The van der Waals surface area contributed by atoms with Crippen molar-refractivity contribution in [1.29, 1.82) is 0 Å². The van der Waals surface area contributed by atoms with Crippen LogP contribution in [0.2, 0.25) is 0 Å². The summed E-state index contributed by atoms with van der Waals surface area (Å²) >= 11 is 0. The van der Waals surface area contributed by atoms with Gasteiger partial charge < -0.3 is 9.84 Å². The minimum atomic E-state index is -0.542. The molecule has 0 bridgehead atoms. The van der Waals surface area contributed by atoms with Crippen LogP contribution in [-0.2, 0) is 6.61 Å². The largest absolute Gasteiger partial charge is 0.508 e. The molecule has 4 nitrogen and oxygen atoms in total. The number of aryl methyl sites for hydroxylation is 1. The van der Waals surface area contributed by atoms with E-state index in [9.17, 15) is 9.50 Å². The lowest BCUT2D eigenvalue weighted by atomic mass is 10.3. The van der Waals surface area contributed by atoms with Crippen molar-refractivity contribution in [2.45, 2.75) is 13.5 Å². The second-order valence-corrected chi connectivity index (χ2v) is 3.57. The zero-order valence-electron chi connectivity index (χ0n) is 9.22. The van der Waals surface area contributed by atoms with Gasteiger partial charge in [0.25, 0.3) is 0 Å². The molecule has 17 heavy (non-hydrogen) atoms. The van der Waals surface area contributed by atoms with Crippen LogP contribution in [-0.4, -0.2) is 15.1 Å². The summed E-state index contributed by atoms with van der Waals surface area (Å²) in [6.45, 7) is 2.01. The minimum absolute atomic E-state index is 0.167. The lowest BCUT2D eigenvalue weighted by Crippen LogP contribution is -1.98. The molecule has 0 fully saturated rings. The van der Waals surface area contributed by atoms with Crippen LogP contribution < -0.4 is 4.74 Å². The molecule has 0 saturated heterocycles. The van der Waals surface area contributed by atoms with Gasteiger partial charge in [-0.2, -0.15) is 0 Å². The molecule has 0 spiro atoms. The van der Waals surface area contributed by atoms with E-state index in [0.29, 0.717) is 5.82 Å². The van der Waals surface area contributed by atoms with E-state index in [-0.39, 0.29) is 18.1 Å². The van der Waals surface area contributed by atoms with Crippen molar-refractivity contribution in [2.75, 3.05) is 0 Å². The Morgan fingerprint density at radius 3 is 2.59 bits per heavy atom. The lowest BCUT2D eigenvalue weighted by Gasteiger charge is -2.06. The summed E-state index contributed by atoms with van der Waals surface area (Å²) in [6, 6.07) is 3.56. The fourth-order valence-corrected chi connectivity index (χ4v) is 1.29. The Morgan fingerprint density at radius 2 is 1.94 bits per heavy atom. The van der Waals surface area contributed by atoms with E-state index in [1.54, 1.807) is 19.3 Å². The van der Waals surface area contributed by atoms with Gasteiger partial charge in [-0.1, -0.05) is 0 Å². The van der Waals surface area contributed by atoms with Crippen molar-refractivity contribution >= 4 is 0 Å². The van der Waals surface area contributed by atoms with Gasteiger partial charge >= 0.3 is 0 Å². The van der Waals surface area contributed by atoms with Crippen molar-refractivity contribution in [3.8, 4) is 11.5 Å². The first-order valence-electron chi connectivity index (χ1n) is 5.03. The average Bonchev–Trinajstić information content (AvgIpc) is 2.27. The topological polar surface area (TPSA) is 55.2 Å². The summed E-state index contributed by atoms with van der Waals surface area (Å²) in [5.74, 6) is 0.237. The normalized spacial score (nSPS) is 10.2. The maximum Gasteiger partial charge on any atom is 0.130 e. The molecule has 0 aliphatic carbocycles. The van der Waals surface area contributed by atoms with Gasteiger partial charge in [0.1, 0.15) is 29.7 Å². The van der Waals surface area contributed by atoms with E-state index in [2.05, 4.69) is 9.97 Å². The van der Waals surface area contributed by atoms with Crippen LogP contribution in [0.25, 0.3) is 0 Å². The first-order valence-corrected chi connectivity index (χ1v) is 5.03. The van der Waals surface area contributed by atoms with Gasteiger partial charge in [-0.25, -0.2) is 14.4 Å². The number of rotatable bonds is 3. The van der Waals surface area contributed by atoms with Crippen molar-refractivity contribution in [3.05, 3.63) is 47.8 Å². The quantitative estimate of drug-likeness (QED) is 0.884. The molecule has 0 aliphatic heterocycles. The Balaban J connectivity index is 2.04. The van der Waals surface area contributed by atoms with Crippen LogP contribution in [0.1, 0.15) is 11.4 Å². The van der Waals surface area contributed by atoms with Crippen molar-refractivity contribution in [1.82, 2.24) is 9.97 Å². The van der Waals surface area contributed by atoms with Crippen LogP contribution in [0.3, 0.4) is 0 Å². The van der Waals surface area contributed by atoms with Crippen LogP contribution in [0.5, 0.6) is 11.5 Å². The third kappa shape index (κ3) is 3.14. The summed E-state index contributed by atoms with van der Waals surface area (Å²) in [5.41, 5.74) is 0.777. The molecule has 1 heterocycles. The standard InChI is InChI=1S/C12H11FN2O2/c1-8-14-5-9(6-15-8)7-17-12-3-10(13)2-11(16)4-12/h2-6,16H,7H2,1H3. The number of phenolic OH excluding ortho intramolecular Hbond substituents is 1. The van der Waals surface area contributed by atoms with Gasteiger partial charge in [0.05, 0.1) is 0 Å². The summed E-state index contributed by atoms with van der Waals surface area (Å²) in [6.07, 6.45) is 3.28. The first-order chi connectivity index (χ1) is 8.13. The second kappa shape index (κ2) is 4.78. The van der Waals surface area contributed by atoms with E-state index in [4.69, 9.17) is 4.74 Å². The maximum atomic E-state index is 12.9. The highest BCUT2D eigenvalue weighted by molar-refractivity contribution is 5.32. The summed E-state index contributed by atoms with van der Waals surface area (Å²) in [4.78, 5) is 8.02. The third-order valence-electron chi connectivity index (χ3n) is 2.10. The number of halogens is 1. The van der Waals surface area contributed by atoms with E-state index in [1.165, 1.54) is 12.1 Å². The van der Waals surface area contributed by atoms with Gasteiger partial charge in [-0.05, 0) is 6.92 Å². The Hall–Kier alpha value is -2.17. The monoisotopic (exact) mass is 234 g/mol. The molecule has 0 aliphatic rings. The molecule has 0 atom stereocenters. The number of hydrogen-bond donors (Lipinski definition) is 1. The number of ether oxygens (including phenoxy) is 1. The number of aromatic nitrogens is 2. The number of nitrogens with zero attached hydrogens (tertiary/aromatic N) is 2. The Morgan fingerprint density at radius 1 is 1.24 bits per heavy atom. The Bertz CT molecular complexity index is 494. The SMILES string of the molecule is Cc1ncc(COc2cc(O)cc(F)c2)cn1. The van der Waals surface area contributed by atoms with Crippen LogP contribution in [0.4, 0.5) is 4.39 Å². The lowest BCUT2D eigenvalue weighted by molar-refractivity contribution is 0.301. The highest BCUT2D eigenvalue weighted by Gasteiger charge is 2.01. The number of hydrogen-bond acceptors (Lipinski definition) is 4. The van der Waals surface area contributed by atoms with Crippen molar-refractivity contribution < 1.29 is 14.2 Å². The van der Waals surface area contributed by atoms with Gasteiger partial charge in [-0.15, -0.1) is 0 Å². The molecule has 5 heteroatoms. The highest BCUT2D eigenvalue weighted by atomic mass is 19.1. The van der Waals surface area contributed by atoms with Gasteiger partial charge in [0, 0.05) is 36.2 Å². The molecule has 0 saturated carbocycles. The van der Waals surface area contributed by atoms with Gasteiger partial charge in [0.2, 0.25) is 0 Å². The zero-order chi connectivity index (χ0) is 12.3. The molecule has 1 N–H and O–H groups in total. The molecule has 1 aromatic heterocycles. The van der Waals surface area contributed by atoms with Crippen molar-refractivity contribution in [3.63, 3.8) is 0 Å². The predicted molar refractivity (Wildman–Crippen MR) is 59.2 cm³/mol. The van der Waals surface area contributed by atoms with Crippen molar-refractivity contribution in [2.24, 2.45) is 0 Å². The fourth-order valence-electron chi connectivity index (χ4n) is 1.29. The van der Waals surface area contributed by atoms with E-state index in [1.807, 2.05) is 0 Å². The van der Waals surface area contributed by atoms with Gasteiger partial charge in [0.15, 0.2) is 0 Å². The summed E-state index contributed by atoms with van der Waals surface area (Å²) in [7, 11) is 0. The second-order valence-electron chi connectivity index (χ2n) is 3.57. The molecule has 0 unspecified atom stereocenters. The van der Waals surface area contributed by atoms with E-state index < -0.39 is 5.82 Å². The smallest absolute Gasteiger partial charge is 0.130 e. The van der Waals surface area contributed by atoms with Crippen LogP contribution in [0, 0.1) is 12.7 Å². The van der Waals surface area contributed by atoms with E-state index >= 15 is 0 Å². The average molecular weight is 234 g/mol. The minimum Gasteiger partial charge on any atom is -0.508 e. The molecule has 0 amide bonds. The molecule has 88 valence electrons. The first kappa shape index (κ1) is 11.3. The van der Waals surface area contributed by atoms with E-state index in [0.717, 1.165) is 11.6 Å². The molecule has 2 aromatic rings. The zero-order valence-corrected chi connectivity index (χ0v) is 9.22. The number of aromatic hydroxyl groups is 1. The fraction of sp³-hybridized carbons (Fsp3) is 0.167. The molecule has 2 rings (SSSR count). The predicted octanol–water partition coefficient (Wildman–Crippen LogP) is 2.21.